The van der Waals surface area contributed by atoms with Crippen LogP contribution in [0.25, 0.3) is 5.69 Å². The van der Waals surface area contributed by atoms with E-state index in [0.717, 1.165) is 5.69 Å². The minimum absolute atomic E-state index is 0.120. The predicted octanol–water partition coefficient (Wildman–Crippen LogP) is 2.49. The van der Waals surface area contributed by atoms with Crippen LogP contribution in [-0.4, -0.2) is 55.1 Å². The van der Waals surface area contributed by atoms with Crippen LogP contribution in [0.2, 0.25) is 5.02 Å². The van der Waals surface area contributed by atoms with Crippen molar-refractivity contribution in [1.29, 1.82) is 0 Å². The lowest BCUT2D eigenvalue weighted by atomic mass is 10.3. The highest BCUT2D eigenvalue weighted by atomic mass is 35.5. The highest BCUT2D eigenvalue weighted by Crippen LogP contribution is 2.23. The van der Waals surface area contributed by atoms with Gasteiger partial charge in [0, 0.05) is 36.3 Å². The summed E-state index contributed by atoms with van der Waals surface area (Å²) < 4.78 is 56.6. The third-order valence-electron chi connectivity index (χ3n) is 4.62. The summed E-state index contributed by atoms with van der Waals surface area (Å²) in [5, 5.41) is 6.26. The highest BCUT2D eigenvalue weighted by Gasteiger charge is 2.27. The first-order chi connectivity index (χ1) is 14.8. The number of aromatic nitrogens is 2. The lowest BCUT2D eigenvalue weighted by Crippen LogP contribution is -2.39. The Morgan fingerprint density at radius 3 is 2.23 bits per heavy atom. The average molecular weight is 499 g/mol. The molecule has 31 heavy (non-hydrogen) atoms. The van der Waals surface area contributed by atoms with Gasteiger partial charge in [0.25, 0.3) is 0 Å². The minimum atomic E-state index is -3.74. The van der Waals surface area contributed by atoms with Crippen LogP contribution >= 0.6 is 22.3 Å². The van der Waals surface area contributed by atoms with E-state index in [1.54, 1.807) is 40.6 Å². The normalized spacial score (nSPS) is 17.9. The molecule has 0 saturated heterocycles. The van der Waals surface area contributed by atoms with E-state index in [1.807, 2.05) is 0 Å². The van der Waals surface area contributed by atoms with Crippen LogP contribution in [0.4, 0.5) is 0 Å². The number of nitrogens with one attached hydrogen (secondary N) is 1. The molecule has 1 aliphatic rings. The molecule has 0 bridgehead atoms. The van der Waals surface area contributed by atoms with Crippen LogP contribution in [0.5, 0.6) is 0 Å². The molecule has 1 N–H and O–H groups in total. The zero-order valence-corrected chi connectivity index (χ0v) is 19.3. The summed E-state index contributed by atoms with van der Waals surface area (Å²) in [7, 11) is -8.17. The number of hydrogen-bond acceptors (Lipinski definition) is 5. The Labute approximate surface area is 188 Å². The van der Waals surface area contributed by atoms with E-state index in [1.165, 1.54) is 40.7 Å². The van der Waals surface area contributed by atoms with Crippen molar-refractivity contribution in [3.63, 3.8) is 0 Å². The van der Waals surface area contributed by atoms with Gasteiger partial charge in [-0.15, -0.1) is 10.7 Å². The first-order valence-corrected chi connectivity index (χ1v) is 13.9. The van der Waals surface area contributed by atoms with Gasteiger partial charge >= 0.3 is 0 Å². The number of hydrogen-bond donors (Lipinski definition) is 1. The Bertz CT molecular complexity index is 1310. The Hall–Kier alpha value is -2.02. The van der Waals surface area contributed by atoms with Crippen LogP contribution in [0.1, 0.15) is 0 Å². The van der Waals surface area contributed by atoms with Crippen molar-refractivity contribution in [2.45, 2.75) is 9.79 Å². The summed E-state index contributed by atoms with van der Waals surface area (Å²) in [5.41, 5.74) is 0.749. The molecule has 0 fully saturated rings. The number of sulfonamides is 2. The van der Waals surface area contributed by atoms with Gasteiger partial charge in [0.15, 0.2) is 0 Å². The molecule has 0 spiro atoms. The van der Waals surface area contributed by atoms with E-state index in [9.17, 15) is 16.8 Å². The van der Waals surface area contributed by atoms with Crippen molar-refractivity contribution in [3.8, 4) is 5.69 Å². The maximum atomic E-state index is 12.8. The second kappa shape index (κ2) is 8.85. The SMILES string of the molecule is O=S(=O)(NS1=CCN(S(=O)(=O)c2ccc(Cl)cc2)CC1)c1ccc(-n2cccn2)cc1. The maximum Gasteiger partial charge on any atom is 0.249 e. The third-order valence-corrected chi connectivity index (χ3v) is 10.6. The molecule has 0 saturated carbocycles. The first-order valence-electron chi connectivity index (χ1n) is 9.17. The van der Waals surface area contributed by atoms with Crippen LogP contribution < -0.4 is 4.13 Å². The second-order valence-corrected chi connectivity index (χ2v) is 12.8. The molecular formula is C19H19ClN4O4S3. The summed E-state index contributed by atoms with van der Waals surface area (Å²) >= 11 is 5.83. The van der Waals surface area contributed by atoms with Gasteiger partial charge in [0.1, 0.15) is 0 Å². The standard InChI is InChI=1S/C19H19ClN4O4S3/c20-16-2-6-19(7-3-16)31(27,28)23-12-14-29(15-13-23)22-30(25,26)18-8-4-17(5-9-18)24-11-1-10-21-24/h1-11,14,22H,12-13,15H2. The summed E-state index contributed by atoms with van der Waals surface area (Å²) in [6, 6.07) is 14.1. The molecule has 2 aromatic carbocycles. The van der Waals surface area contributed by atoms with Gasteiger partial charge in [-0.25, -0.2) is 21.5 Å². The summed E-state index contributed by atoms with van der Waals surface area (Å²) in [6.45, 7) is 0.333. The third kappa shape index (κ3) is 4.92. The predicted molar refractivity (Wildman–Crippen MR) is 123 cm³/mol. The molecule has 1 atom stereocenters. The Balaban J connectivity index is 1.45. The van der Waals surface area contributed by atoms with Crippen molar-refractivity contribution >= 4 is 47.7 Å². The topological polar surface area (TPSA) is 101 Å². The molecular weight excluding hydrogens is 480 g/mol. The summed E-state index contributed by atoms with van der Waals surface area (Å²) in [5.74, 6) is 0.359. The van der Waals surface area contributed by atoms with E-state index < -0.39 is 30.7 Å². The Kier molecular flexibility index (Phi) is 6.33. The first kappa shape index (κ1) is 22.2. The molecule has 12 heteroatoms. The van der Waals surface area contributed by atoms with Crippen LogP contribution in [0.3, 0.4) is 0 Å². The van der Waals surface area contributed by atoms with Gasteiger partial charge < -0.3 is 0 Å². The average Bonchev–Trinajstić information content (AvgIpc) is 3.29. The maximum absolute atomic E-state index is 12.8. The van der Waals surface area contributed by atoms with Gasteiger partial charge in [-0.1, -0.05) is 11.6 Å². The lowest BCUT2D eigenvalue weighted by Gasteiger charge is -2.26. The van der Waals surface area contributed by atoms with Gasteiger partial charge in [0.2, 0.25) is 20.0 Å². The molecule has 0 aliphatic carbocycles. The van der Waals surface area contributed by atoms with Gasteiger partial charge in [-0.05, 0) is 60.0 Å². The molecule has 1 aliphatic heterocycles. The number of nitrogens with zero attached hydrogens (tertiary/aromatic N) is 3. The fraction of sp³-hybridized carbons (Fsp3) is 0.158. The van der Waals surface area contributed by atoms with E-state index in [4.69, 9.17) is 11.6 Å². The van der Waals surface area contributed by atoms with Gasteiger partial charge in [0.05, 0.1) is 15.5 Å². The van der Waals surface area contributed by atoms with Crippen LogP contribution in [0, 0.1) is 0 Å². The second-order valence-electron chi connectivity index (χ2n) is 6.65. The molecule has 1 unspecified atom stereocenters. The summed E-state index contributed by atoms with van der Waals surface area (Å²) in [6.07, 6.45) is 3.41. The Morgan fingerprint density at radius 1 is 0.968 bits per heavy atom. The minimum Gasteiger partial charge on any atom is -0.241 e. The molecule has 8 nitrogen and oxygen atoms in total. The molecule has 164 valence electrons. The van der Waals surface area contributed by atoms with Crippen molar-refractivity contribution < 1.29 is 16.8 Å². The van der Waals surface area contributed by atoms with Gasteiger partial charge in [-0.3, -0.25) is 0 Å². The smallest absolute Gasteiger partial charge is 0.241 e. The largest absolute Gasteiger partial charge is 0.249 e. The molecule has 3 aromatic rings. The van der Waals surface area contributed by atoms with Crippen molar-refractivity contribution in [2.24, 2.45) is 0 Å². The zero-order chi connectivity index (χ0) is 22.1. The van der Waals surface area contributed by atoms with Gasteiger partial charge in [-0.2, -0.15) is 13.5 Å². The number of rotatable bonds is 6. The summed E-state index contributed by atoms with van der Waals surface area (Å²) in [4.78, 5) is 0.297. The van der Waals surface area contributed by atoms with Crippen LogP contribution in [0.15, 0.2) is 76.8 Å². The molecule has 4 rings (SSSR count). The lowest BCUT2D eigenvalue weighted by molar-refractivity contribution is 0.470. The van der Waals surface area contributed by atoms with E-state index >= 15 is 0 Å². The van der Waals surface area contributed by atoms with E-state index in [-0.39, 0.29) is 22.9 Å². The van der Waals surface area contributed by atoms with E-state index in [0.29, 0.717) is 10.8 Å². The highest BCUT2D eigenvalue weighted by molar-refractivity contribution is 8.20. The zero-order valence-electron chi connectivity index (χ0n) is 16.1. The van der Waals surface area contributed by atoms with E-state index in [2.05, 4.69) is 9.23 Å². The fourth-order valence-corrected chi connectivity index (χ4v) is 8.26. The number of halogens is 1. The molecule has 0 radical (unpaired) electrons. The van der Waals surface area contributed by atoms with Crippen LogP contribution in [-0.2, 0) is 20.0 Å². The molecule has 2 heterocycles. The molecule has 0 amide bonds. The Morgan fingerprint density at radius 2 is 1.65 bits per heavy atom. The molecule has 1 aromatic heterocycles. The van der Waals surface area contributed by atoms with Crippen molar-refractivity contribution in [2.75, 3.05) is 18.8 Å². The monoisotopic (exact) mass is 498 g/mol. The van der Waals surface area contributed by atoms with Crippen molar-refractivity contribution in [1.82, 2.24) is 18.2 Å². The fourth-order valence-electron chi connectivity index (χ4n) is 2.99. The van der Waals surface area contributed by atoms with Crippen molar-refractivity contribution in [3.05, 3.63) is 72.0 Å². The number of benzene rings is 2. The quantitative estimate of drug-likeness (QED) is 0.526.